The highest BCUT2D eigenvalue weighted by Gasteiger charge is 2.40. The van der Waals surface area contributed by atoms with E-state index in [1.54, 1.807) is 11.1 Å². The highest BCUT2D eigenvalue weighted by atomic mass is 35.5. The summed E-state index contributed by atoms with van der Waals surface area (Å²) in [6, 6.07) is 20.3. The van der Waals surface area contributed by atoms with Crippen LogP contribution in [0.2, 0.25) is 5.02 Å². The van der Waals surface area contributed by atoms with Gasteiger partial charge in [0, 0.05) is 5.02 Å². The lowest BCUT2D eigenvalue weighted by molar-refractivity contribution is 0.153. The Hall–Kier alpha value is -1.79. The topological polar surface area (TPSA) is 0 Å². The molecular formula is C25H23Cl. The second kappa shape index (κ2) is 5.60. The summed E-state index contributed by atoms with van der Waals surface area (Å²) in [5.41, 5.74) is 6.00. The van der Waals surface area contributed by atoms with Gasteiger partial charge in [0.25, 0.3) is 0 Å². The van der Waals surface area contributed by atoms with Crippen LogP contribution in [-0.4, -0.2) is 0 Å². The zero-order chi connectivity index (χ0) is 17.3. The van der Waals surface area contributed by atoms with Gasteiger partial charge >= 0.3 is 0 Å². The summed E-state index contributed by atoms with van der Waals surface area (Å²) in [5, 5.41) is 3.60. The van der Waals surface area contributed by atoms with Crippen molar-refractivity contribution in [2.75, 3.05) is 0 Å². The Labute approximate surface area is 160 Å². The number of hydrogen-bond donors (Lipinski definition) is 0. The molecule has 1 heteroatoms. The molecule has 0 nitrogen and oxygen atoms in total. The van der Waals surface area contributed by atoms with Gasteiger partial charge in [-0.25, -0.2) is 0 Å². The molecule has 130 valence electrons. The Kier molecular flexibility index (Phi) is 3.29. The van der Waals surface area contributed by atoms with Crippen LogP contribution in [0, 0.1) is 11.8 Å². The highest BCUT2D eigenvalue weighted by Crippen LogP contribution is 2.56. The van der Waals surface area contributed by atoms with Gasteiger partial charge in [0.15, 0.2) is 0 Å². The van der Waals surface area contributed by atoms with Crippen LogP contribution in [0.25, 0.3) is 21.9 Å². The first-order chi connectivity index (χ1) is 12.8. The van der Waals surface area contributed by atoms with Crippen LogP contribution in [-0.2, 0) is 0 Å². The maximum atomic E-state index is 6.51. The molecule has 7 rings (SSSR count). The number of fused-ring (bicyclic) bond motifs is 1. The minimum absolute atomic E-state index is 0.705. The molecule has 2 saturated carbocycles. The predicted molar refractivity (Wildman–Crippen MR) is 110 cm³/mol. The van der Waals surface area contributed by atoms with E-state index in [9.17, 15) is 0 Å². The van der Waals surface area contributed by atoms with E-state index in [-0.39, 0.29) is 0 Å². The molecule has 26 heavy (non-hydrogen) atoms. The average Bonchev–Trinajstić information content (AvgIpc) is 2.71. The normalized spacial score (nSPS) is 29.0. The second-order valence-corrected chi connectivity index (χ2v) is 9.22. The molecule has 4 aliphatic rings. The lowest BCUT2D eigenvalue weighted by Gasteiger charge is -2.42. The highest BCUT2D eigenvalue weighted by molar-refractivity contribution is 6.31. The molecule has 0 aromatic heterocycles. The number of halogens is 1. The van der Waals surface area contributed by atoms with E-state index in [1.165, 1.54) is 54.0 Å². The van der Waals surface area contributed by atoms with E-state index in [4.69, 9.17) is 11.6 Å². The van der Waals surface area contributed by atoms with Gasteiger partial charge in [-0.15, -0.1) is 0 Å². The van der Waals surface area contributed by atoms with Crippen molar-refractivity contribution in [1.29, 1.82) is 0 Å². The number of rotatable bonds is 0. The molecule has 4 bridgehead atoms. The van der Waals surface area contributed by atoms with E-state index in [0.717, 1.165) is 16.9 Å². The summed E-state index contributed by atoms with van der Waals surface area (Å²) in [6.45, 7) is 0. The van der Waals surface area contributed by atoms with Crippen LogP contribution in [0.5, 0.6) is 0 Å². The maximum Gasteiger partial charge on any atom is 0.0412 e. The molecule has 0 amide bonds. The lowest BCUT2D eigenvalue weighted by Crippen LogP contribution is -2.29. The van der Waals surface area contributed by atoms with Gasteiger partial charge in [0.1, 0.15) is 0 Å². The van der Waals surface area contributed by atoms with Crippen LogP contribution in [0.4, 0.5) is 0 Å². The fraction of sp³-hybridized carbons (Fsp3) is 0.360. The first-order valence-corrected chi connectivity index (χ1v) is 10.5. The van der Waals surface area contributed by atoms with E-state index in [0.29, 0.717) is 11.8 Å². The fourth-order valence-electron chi connectivity index (χ4n) is 6.39. The molecular weight excluding hydrogens is 336 g/mol. The van der Waals surface area contributed by atoms with Gasteiger partial charge in [0.05, 0.1) is 0 Å². The Morgan fingerprint density at radius 3 is 2.19 bits per heavy atom. The molecule has 2 unspecified atom stereocenters. The summed E-state index contributed by atoms with van der Waals surface area (Å²) >= 11 is 6.51. The molecule has 0 spiro atoms. The van der Waals surface area contributed by atoms with Crippen LogP contribution >= 0.6 is 11.6 Å². The molecule has 0 N–H and O–H groups in total. The van der Waals surface area contributed by atoms with Crippen molar-refractivity contribution in [3.63, 3.8) is 0 Å². The predicted octanol–water partition coefficient (Wildman–Crippen LogP) is 7.55. The van der Waals surface area contributed by atoms with E-state index < -0.39 is 0 Å². The smallest absolute Gasteiger partial charge is 0.0412 e. The lowest BCUT2D eigenvalue weighted by atomic mass is 9.63. The first-order valence-electron chi connectivity index (χ1n) is 10.1. The Morgan fingerprint density at radius 2 is 1.38 bits per heavy atom. The van der Waals surface area contributed by atoms with Gasteiger partial charge in [-0.1, -0.05) is 54.1 Å². The SMILES string of the molecule is Clc1ccc2c(c1)-c1c(ccc3ccccc13)C1CC3CC(CC2C3)C1. The Morgan fingerprint density at radius 1 is 0.692 bits per heavy atom. The molecule has 4 aliphatic carbocycles. The van der Waals surface area contributed by atoms with Crippen molar-refractivity contribution in [2.45, 2.75) is 43.9 Å². The van der Waals surface area contributed by atoms with E-state index in [2.05, 4.69) is 54.6 Å². The monoisotopic (exact) mass is 358 g/mol. The number of benzene rings is 3. The summed E-state index contributed by atoms with van der Waals surface area (Å²) < 4.78 is 0. The van der Waals surface area contributed by atoms with Crippen LogP contribution in [0.1, 0.15) is 55.1 Å². The maximum absolute atomic E-state index is 6.51. The van der Waals surface area contributed by atoms with Crippen molar-refractivity contribution < 1.29 is 0 Å². The molecule has 0 radical (unpaired) electrons. The molecule has 3 aromatic carbocycles. The van der Waals surface area contributed by atoms with Crippen molar-refractivity contribution in [2.24, 2.45) is 11.8 Å². The molecule has 0 heterocycles. The molecule has 0 saturated heterocycles. The largest absolute Gasteiger partial charge is 0.0843 e. The quantitative estimate of drug-likeness (QED) is 0.389. The average molecular weight is 359 g/mol. The fourth-order valence-corrected chi connectivity index (χ4v) is 6.56. The van der Waals surface area contributed by atoms with Crippen LogP contribution in [0.3, 0.4) is 0 Å². The summed E-state index contributed by atoms with van der Waals surface area (Å²) in [6.07, 6.45) is 6.94. The zero-order valence-corrected chi connectivity index (χ0v) is 15.7. The van der Waals surface area contributed by atoms with Gasteiger partial charge in [-0.2, -0.15) is 0 Å². The van der Waals surface area contributed by atoms with E-state index >= 15 is 0 Å². The summed E-state index contributed by atoms with van der Waals surface area (Å²) in [4.78, 5) is 0. The van der Waals surface area contributed by atoms with Crippen LogP contribution in [0.15, 0.2) is 54.6 Å². The van der Waals surface area contributed by atoms with E-state index in [1.807, 2.05) is 0 Å². The third kappa shape index (κ3) is 2.21. The summed E-state index contributed by atoms with van der Waals surface area (Å²) in [7, 11) is 0. The van der Waals surface area contributed by atoms with Crippen molar-refractivity contribution >= 4 is 22.4 Å². The molecule has 3 aromatic rings. The standard InChI is InChI=1S/C25H23Cl/c26-20-6-8-21-18-10-15-9-16(11-18)13-19(12-15)23-7-5-17-3-1-2-4-22(17)25(23)24(21)14-20/h1-8,14-16,18-19H,9-13H2. The van der Waals surface area contributed by atoms with Gasteiger partial charge in [-0.3, -0.25) is 0 Å². The minimum atomic E-state index is 0.705. The molecule has 2 fully saturated rings. The van der Waals surface area contributed by atoms with Gasteiger partial charge in [0.2, 0.25) is 0 Å². The minimum Gasteiger partial charge on any atom is -0.0843 e. The third-order valence-corrected chi connectivity index (χ3v) is 7.50. The van der Waals surface area contributed by atoms with Gasteiger partial charge < -0.3 is 0 Å². The Balaban J connectivity index is 1.75. The zero-order valence-electron chi connectivity index (χ0n) is 14.9. The molecule has 0 aliphatic heterocycles. The van der Waals surface area contributed by atoms with Crippen molar-refractivity contribution in [1.82, 2.24) is 0 Å². The Bertz CT molecular complexity index is 1000. The summed E-state index contributed by atoms with van der Waals surface area (Å²) in [5.74, 6) is 3.22. The van der Waals surface area contributed by atoms with Crippen molar-refractivity contribution in [3.05, 3.63) is 70.7 Å². The van der Waals surface area contributed by atoms with Crippen molar-refractivity contribution in [3.8, 4) is 11.1 Å². The van der Waals surface area contributed by atoms with Gasteiger partial charge in [-0.05, 0) is 101 Å². The van der Waals surface area contributed by atoms with Crippen LogP contribution < -0.4 is 0 Å². The molecule has 2 atom stereocenters. The second-order valence-electron chi connectivity index (χ2n) is 8.79. The third-order valence-electron chi connectivity index (χ3n) is 7.26. The first kappa shape index (κ1) is 15.3. The number of hydrogen-bond acceptors (Lipinski definition) is 0.